The van der Waals surface area contributed by atoms with E-state index in [0.717, 1.165) is 11.3 Å². The first-order valence-corrected chi connectivity index (χ1v) is 9.57. The topological polar surface area (TPSA) is 84.2 Å². The van der Waals surface area contributed by atoms with Crippen molar-refractivity contribution < 1.29 is 14.0 Å². The Morgan fingerprint density at radius 3 is 2.38 bits per heavy atom. The molecule has 0 aliphatic heterocycles. The van der Waals surface area contributed by atoms with Gasteiger partial charge < -0.3 is 16.4 Å². The van der Waals surface area contributed by atoms with Gasteiger partial charge in [-0.25, -0.2) is 4.39 Å². The first kappa shape index (κ1) is 19.9. The second-order valence-corrected chi connectivity index (χ2v) is 6.75. The highest BCUT2D eigenvalue weighted by Crippen LogP contribution is 2.11. The van der Waals surface area contributed by atoms with Gasteiger partial charge in [-0.2, -0.15) is 11.8 Å². The molecule has 2 amide bonds. The van der Waals surface area contributed by atoms with Crippen LogP contribution in [0.2, 0.25) is 0 Å². The lowest BCUT2D eigenvalue weighted by Crippen LogP contribution is -2.40. The number of amides is 2. The average Bonchev–Trinajstić information content (AvgIpc) is 2.66. The van der Waals surface area contributed by atoms with Gasteiger partial charge in [0.25, 0.3) is 5.91 Å². The Morgan fingerprint density at radius 1 is 1.12 bits per heavy atom. The molecule has 4 N–H and O–H groups in total. The van der Waals surface area contributed by atoms with Gasteiger partial charge in [-0.3, -0.25) is 9.59 Å². The predicted molar refractivity (Wildman–Crippen MR) is 104 cm³/mol. The number of benzene rings is 2. The fourth-order valence-corrected chi connectivity index (χ4v) is 2.70. The van der Waals surface area contributed by atoms with Crippen molar-refractivity contribution in [2.45, 2.75) is 19.0 Å². The molecule has 0 radical (unpaired) electrons. The summed E-state index contributed by atoms with van der Waals surface area (Å²) in [5, 5.41) is 5.49. The zero-order chi connectivity index (χ0) is 18.9. The maximum absolute atomic E-state index is 12.9. The van der Waals surface area contributed by atoms with Gasteiger partial charge in [-0.1, -0.05) is 12.1 Å². The van der Waals surface area contributed by atoms with Crippen LogP contribution in [0.3, 0.4) is 0 Å². The Bertz CT molecular complexity index is 735. The van der Waals surface area contributed by atoms with Crippen molar-refractivity contribution >= 4 is 29.3 Å². The van der Waals surface area contributed by atoms with E-state index in [-0.39, 0.29) is 17.6 Å². The highest BCUT2D eigenvalue weighted by Gasteiger charge is 2.12. The number of halogens is 1. The molecule has 2 aromatic carbocycles. The van der Waals surface area contributed by atoms with Crippen LogP contribution in [0.4, 0.5) is 10.1 Å². The molecule has 26 heavy (non-hydrogen) atoms. The molecular weight excluding hydrogens is 353 g/mol. The average molecular weight is 375 g/mol. The maximum Gasteiger partial charge on any atom is 0.255 e. The number of carbonyl (C=O) groups excluding carboxylic acids is 2. The zero-order valence-electron chi connectivity index (χ0n) is 14.5. The molecule has 2 rings (SSSR count). The standard InChI is InChI=1S/C19H22FN3O2S/c1-26-11-10-17(21)19(25)22-12-13-2-4-14(5-3-13)18(24)23-16-8-6-15(20)7-9-16/h2-9,17H,10-12,21H2,1H3,(H,22,25)(H,23,24)/t17-/m0/s1. The van der Waals surface area contributed by atoms with Crippen LogP contribution in [0, 0.1) is 5.82 Å². The first-order valence-electron chi connectivity index (χ1n) is 8.17. The monoisotopic (exact) mass is 375 g/mol. The van der Waals surface area contributed by atoms with Crippen molar-refractivity contribution in [3.8, 4) is 0 Å². The molecule has 1 atom stereocenters. The Kier molecular flexibility index (Phi) is 7.62. The molecule has 0 bridgehead atoms. The van der Waals surface area contributed by atoms with E-state index in [2.05, 4.69) is 10.6 Å². The molecule has 138 valence electrons. The summed E-state index contributed by atoms with van der Waals surface area (Å²) >= 11 is 1.65. The van der Waals surface area contributed by atoms with Crippen molar-refractivity contribution in [2.24, 2.45) is 5.73 Å². The van der Waals surface area contributed by atoms with E-state index in [1.807, 2.05) is 6.26 Å². The van der Waals surface area contributed by atoms with Gasteiger partial charge in [0.05, 0.1) is 6.04 Å². The highest BCUT2D eigenvalue weighted by molar-refractivity contribution is 7.98. The third-order valence-corrected chi connectivity index (χ3v) is 4.40. The summed E-state index contributed by atoms with van der Waals surface area (Å²) in [5.74, 6) is 0.0120. The van der Waals surface area contributed by atoms with E-state index >= 15 is 0 Å². The summed E-state index contributed by atoms with van der Waals surface area (Å²) in [5.41, 5.74) is 7.67. The van der Waals surface area contributed by atoms with E-state index in [0.29, 0.717) is 24.2 Å². The van der Waals surface area contributed by atoms with Crippen molar-refractivity contribution in [1.29, 1.82) is 0 Å². The summed E-state index contributed by atoms with van der Waals surface area (Å²) in [6.07, 6.45) is 2.61. The maximum atomic E-state index is 12.9. The molecule has 0 fully saturated rings. The summed E-state index contributed by atoms with van der Waals surface area (Å²) in [4.78, 5) is 24.1. The quantitative estimate of drug-likeness (QED) is 0.662. The van der Waals surface area contributed by atoms with E-state index in [9.17, 15) is 14.0 Å². The largest absolute Gasteiger partial charge is 0.351 e. The molecule has 0 aromatic heterocycles. The first-order chi connectivity index (χ1) is 12.5. The number of nitrogens with two attached hydrogens (primary N) is 1. The summed E-state index contributed by atoms with van der Waals surface area (Å²) < 4.78 is 12.9. The highest BCUT2D eigenvalue weighted by atomic mass is 32.2. The van der Waals surface area contributed by atoms with Crippen LogP contribution >= 0.6 is 11.8 Å². The van der Waals surface area contributed by atoms with E-state index < -0.39 is 6.04 Å². The number of thioether (sulfide) groups is 1. The lowest BCUT2D eigenvalue weighted by atomic mass is 10.1. The predicted octanol–water partition coefficient (Wildman–Crippen LogP) is 2.77. The third-order valence-electron chi connectivity index (χ3n) is 3.75. The van der Waals surface area contributed by atoms with Crippen molar-refractivity contribution in [1.82, 2.24) is 5.32 Å². The Hall–Kier alpha value is -2.38. The second kappa shape index (κ2) is 9.94. The molecule has 0 saturated carbocycles. The normalized spacial score (nSPS) is 11.7. The number of nitrogens with one attached hydrogen (secondary N) is 2. The third kappa shape index (κ3) is 6.16. The molecule has 7 heteroatoms. The molecular formula is C19H22FN3O2S. The molecule has 0 heterocycles. The van der Waals surface area contributed by atoms with Crippen molar-refractivity contribution in [3.63, 3.8) is 0 Å². The molecule has 0 aliphatic rings. The number of rotatable bonds is 8. The SMILES string of the molecule is CSCC[C@H](N)C(=O)NCc1ccc(C(=O)Nc2ccc(F)cc2)cc1. The van der Waals surface area contributed by atoms with Crippen LogP contribution in [-0.2, 0) is 11.3 Å². The van der Waals surface area contributed by atoms with E-state index in [4.69, 9.17) is 5.73 Å². The summed E-state index contributed by atoms with van der Waals surface area (Å²) in [6.45, 7) is 0.353. The van der Waals surface area contributed by atoms with Crippen LogP contribution in [0.5, 0.6) is 0 Å². The number of anilines is 1. The van der Waals surface area contributed by atoms with Gasteiger partial charge in [0.15, 0.2) is 0 Å². The number of carbonyl (C=O) groups is 2. The van der Waals surface area contributed by atoms with Crippen LogP contribution < -0.4 is 16.4 Å². The van der Waals surface area contributed by atoms with Gasteiger partial charge in [0, 0.05) is 17.8 Å². The van der Waals surface area contributed by atoms with E-state index in [1.165, 1.54) is 24.3 Å². The smallest absolute Gasteiger partial charge is 0.255 e. The molecule has 0 saturated heterocycles. The second-order valence-electron chi connectivity index (χ2n) is 5.76. The van der Waals surface area contributed by atoms with Crippen molar-refractivity contribution in [3.05, 3.63) is 65.5 Å². The van der Waals surface area contributed by atoms with Gasteiger partial charge in [0.1, 0.15) is 5.82 Å². The van der Waals surface area contributed by atoms with Gasteiger partial charge in [-0.15, -0.1) is 0 Å². The fraction of sp³-hybridized carbons (Fsp3) is 0.263. The minimum atomic E-state index is -0.511. The zero-order valence-corrected chi connectivity index (χ0v) is 15.3. The van der Waals surface area contributed by atoms with Crippen LogP contribution in [0.15, 0.2) is 48.5 Å². The lowest BCUT2D eigenvalue weighted by molar-refractivity contribution is -0.122. The van der Waals surface area contributed by atoms with Gasteiger partial charge >= 0.3 is 0 Å². The Morgan fingerprint density at radius 2 is 1.77 bits per heavy atom. The summed E-state index contributed by atoms with van der Waals surface area (Å²) in [7, 11) is 0. The van der Waals surface area contributed by atoms with E-state index in [1.54, 1.807) is 36.0 Å². The molecule has 2 aromatic rings. The number of hydrogen-bond donors (Lipinski definition) is 3. The Balaban J connectivity index is 1.86. The molecule has 0 spiro atoms. The minimum absolute atomic E-state index is 0.183. The lowest BCUT2D eigenvalue weighted by Gasteiger charge is -2.12. The molecule has 0 aliphatic carbocycles. The fourth-order valence-electron chi connectivity index (χ4n) is 2.21. The molecule has 0 unspecified atom stereocenters. The number of hydrogen-bond acceptors (Lipinski definition) is 4. The summed E-state index contributed by atoms with van der Waals surface area (Å²) in [6, 6.07) is 11.9. The van der Waals surface area contributed by atoms with Crippen LogP contribution in [0.25, 0.3) is 0 Å². The van der Waals surface area contributed by atoms with Crippen molar-refractivity contribution in [2.75, 3.05) is 17.3 Å². The Labute approximate surface area is 156 Å². The van der Waals surface area contributed by atoms with Gasteiger partial charge in [0.2, 0.25) is 5.91 Å². The minimum Gasteiger partial charge on any atom is -0.351 e. The van der Waals surface area contributed by atoms with Crippen LogP contribution in [0.1, 0.15) is 22.3 Å². The van der Waals surface area contributed by atoms with Crippen LogP contribution in [-0.4, -0.2) is 29.9 Å². The molecule has 5 nitrogen and oxygen atoms in total. The van der Waals surface area contributed by atoms with Gasteiger partial charge in [-0.05, 0) is 60.4 Å².